The molecule has 2 heterocycles. The Labute approximate surface area is 188 Å². The Morgan fingerprint density at radius 2 is 2.06 bits per heavy atom. The number of thiazole rings is 1. The summed E-state index contributed by atoms with van der Waals surface area (Å²) in [6.45, 7) is 4.83. The van der Waals surface area contributed by atoms with Crippen LogP contribution in [0.5, 0.6) is 0 Å². The minimum Gasteiger partial charge on any atom is -0.364 e. The number of rotatable bonds is 5. The van der Waals surface area contributed by atoms with Crippen LogP contribution in [0.15, 0.2) is 34.8 Å². The van der Waals surface area contributed by atoms with Crippen molar-refractivity contribution in [2.24, 2.45) is 27.6 Å². The number of hydrogen-bond donors (Lipinski definition) is 1. The van der Waals surface area contributed by atoms with Gasteiger partial charge in [0.25, 0.3) is 5.91 Å². The van der Waals surface area contributed by atoms with Crippen molar-refractivity contribution < 1.29 is 19.2 Å². The number of hydrogen-bond acceptors (Lipinski definition) is 7. The highest BCUT2D eigenvalue weighted by Crippen LogP contribution is 2.75. The van der Waals surface area contributed by atoms with E-state index in [2.05, 4.69) is 24.0 Å². The molecule has 9 heteroatoms. The monoisotopic (exact) mass is 459 g/mol. The van der Waals surface area contributed by atoms with E-state index in [1.165, 1.54) is 11.3 Å². The number of ether oxygens (including phenoxy) is 1. The summed E-state index contributed by atoms with van der Waals surface area (Å²) in [6, 6.07) is 7.16. The molecule has 7 nitrogen and oxygen atoms in total. The maximum absolute atomic E-state index is 13.1. The zero-order chi connectivity index (χ0) is 22.0. The Bertz CT molecular complexity index is 1120. The van der Waals surface area contributed by atoms with Gasteiger partial charge >= 0.3 is 5.97 Å². The van der Waals surface area contributed by atoms with Crippen molar-refractivity contribution >= 4 is 40.5 Å². The molecule has 3 aliphatic rings. The summed E-state index contributed by atoms with van der Waals surface area (Å²) in [5.41, 5.74) is 5.45. The molecule has 2 aromatic rings. The first-order chi connectivity index (χ1) is 14.7. The molecule has 1 aromatic heterocycles. The number of oxime groups is 1. The topological polar surface area (TPSA) is 104 Å². The Kier molecular flexibility index (Phi) is 4.55. The van der Waals surface area contributed by atoms with Crippen LogP contribution in [-0.2, 0) is 19.2 Å². The van der Waals surface area contributed by atoms with Gasteiger partial charge < -0.3 is 15.3 Å². The van der Waals surface area contributed by atoms with Crippen molar-refractivity contribution in [1.82, 2.24) is 4.98 Å². The summed E-state index contributed by atoms with van der Waals surface area (Å²) in [5.74, 6) is -0.952. The van der Waals surface area contributed by atoms with Gasteiger partial charge in [-0.15, -0.1) is 11.3 Å². The second-order valence-electron chi connectivity index (χ2n) is 9.03. The van der Waals surface area contributed by atoms with E-state index in [-0.39, 0.29) is 21.5 Å². The summed E-state index contributed by atoms with van der Waals surface area (Å²) >= 11 is 7.13. The van der Waals surface area contributed by atoms with Crippen LogP contribution in [-0.4, -0.2) is 34.8 Å². The number of benzene rings is 1. The maximum atomic E-state index is 13.1. The lowest BCUT2D eigenvalue weighted by atomic mass is 9.66. The smallest absolute Gasteiger partial charge is 0.364 e. The summed E-state index contributed by atoms with van der Waals surface area (Å²) in [7, 11) is 0. The zero-order valence-corrected chi connectivity index (χ0v) is 18.8. The van der Waals surface area contributed by atoms with Crippen LogP contribution in [0.1, 0.15) is 38.1 Å². The second kappa shape index (κ2) is 6.85. The SMILES string of the molecule is CC12COC3(C(=O)O/N=C(\C(N)=O)c4nc(-c5ccc(Cl)cc5)cs4)CC1CCC32C. The molecule has 3 fully saturated rings. The largest absolute Gasteiger partial charge is 0.367 e. The van der Waals surface area contributed by atoms with Crippen LogP contribution in [0.3, 0.4) is 0 Å². The number of aromatic nitrogens is 1. The molecular formula is C22H22ClN3O4S. The van der Waals surface area contributed by atoms with Crippen LogP contribution in [0, 0.1) is 16.7 Å². The molecule has 2 saturated carbocycles. The van der Waals surface area contributed by atoms with Crippen molar-refractivity contribution in [2.45, 2.75) is 38.7 Å². The average molecular weight is 460 g/mol. The van der Waals surface area contributed by atoms with Crippen molar-refractivity contribution in [3.05, 3.63) is 39.7 Å². The number of carbonyl (C=O) groups is 2. The molecule has 31 heavy (non-hydrogen) atoms. The van der Waals surface area contributed by atoms with Gasteiger partial charge in [-0.3, -0.25) is 4.79 Å². The Hall–Kier alpha value is -2.29. The van der Waals surface area contributed by atoms with Gasteiger partial charge in [-0.05, 0) is 37.3 Å². The van der Waals surface area contributed by atoms with Crippen LogP contribution in [0.25, 0.3) is 11.3 Å². The van der Waals surface area contributed by atoms with E-state index in [1.54, 1.807) is 17.5 Å². The average Bonchev–Trinajstić information content (AvgIpc) is 3.42. The first kappa shape index (κ1) is 20.6. The third-order valence-electron chi connectivity index (χ3n) is 7.83. The van der Waals surface area contributed by atoms with Gasteiger partial charge in [-0.2, -0.15) is 0 Å². The first-order valence-electron chi connectivity index (χ1n) is 10.2. The van der Waals surface area contributed by atoms with Gasteiger partial charge in [0.15, 0.2) is 10.6 Å². The van der Waals surface area contributed by atoms with E-state index in [0.29, 0.717) is 29.7 Å². The van der Waals surface area contributed by atoms with Gasteiger partial charge in [0.2, 0.25) is 5.71 Å². The Balaban J connectivity index is 1.40. The molecule has 4 atom stereocenters. The number of halogens is 1. The van der Waals surface area contributed by atoms with E-state index < -0.39 is 17.5 Å². The van der Waals surface area contributed by atoms with Crippen molar-refractivity contribution in [1.29, 1.82) is 0 Å². The van der Waals surface area contributed by atoms with Crippen LogP contribution < -0.4 is 5.73 Å². The van der Waals surface area contributed by atoms with Crippen molar-refractivity contribution in [3.63, 3.8) is 0 Å². The Morgan fingerprint density at radius 3 is 2.71 bits per heavy atom. The first-order valence-corrected chi connectivity index (χ1v) is 11.4. The lowest BCUT2D eigenvalue weighted by Crippen LogP contribution is -2.50. The summed E-state index contributed by atoms with van der Waals surface area (Å²) in [4.78, 5) is 34.9. The number of nitrogens with zero attached hydrogens (tertiary/aromatic N) is 2. The van der Waals surface area contributed by atoms with Crippen molar-refractivity contribution in [2.75, 3.05) is 6.61 Å². The molecule has 0 spiro atoms. The molecule has 0 radical (unpaired) electrons. The molecule has 1 amide bonds. The van der Waals surface area contributed by atoms with E-state index in [1.807, 2.05) is 12.1 Å². The van der Waals surface area contributed by atoms with Gasteiger partial charge in [0, 0.05) is 26.8 Å². The van der Waals surface area contributed by atoms with E-state index in [4.69, 9.17) is 26.9 Å². The lowest BCUT2D eigenvalue weighted by molar-refractivity contribution is -0.181. The fourth-order valence-corrected chi connectivity index (χ4v) is 6.64. The van der Waals surface area contributed by atoms with Crippen molar-refractivity contribution in [3.8, 4) is 11.3 Å². The molecule has 1 saturated heterocycles. The van der Waals surface area contributed by atoms with E-state index in [0.717, 1.165) is 18.4 Å². The number of nitrogens with two attached hydrogens (primary N) is 1. The fourth-order valence-electron chi connectivity index (χ4n) is 5.70. The third-order valence-corrected chi connectivity index (χ3v) is 8.93. The number of amides is 1. The molecule has 1 aliphatic heterocycles. The predicted octanol–water partition coefficient (Wildman–Crippen LogP) is 3.79. The highest BCUT2D eigenvalue weighted by Gasteiger charge is 2.79. The maximum Gasteiger partial charge on any atom is 0.367 e. The molecule has 4 unspecified atom stereocenters. The molecule has 2 aliphatic carbocycles. The highest BCUT2D eigenvalue weighted by atomic mass is 35.5. The summed E-state index contributed by atoms with van der Waals surface area (Å²) in [6.07, 6.45) is 2.62. The predicted molar refractivity (Wildman–Crippen MR) is 117 cm³/mol. The molecule has 1 aromatic carbocycles. The van der Waals surface area contributed by atoms with Gasteiger partial charge in [0.1, 0.15) is 0 Å². The minimum absolute atomic E-state index is 0.0367. The Morgan fingerprint density at radius 1 is 1.32 bits per heavy atom. The van der Waals surface area contributed by atoms with Crippen LogP contribution in [0.4, 0.5) is 0 Å². The fraction of sp³-hybridized carbons (Fsp3) is 0.455. The quantitative estimate of drug-likeness (QED) is 0.416. The van der Waals surface area contributed by atoms with Gasteiger partial charge in [-0.1, -0.05) is 42.7 Å². The third kappa shape index (κ3) is 2.74. The van der Waals surface area contributed by atoms with Crippen LogP contribution >= 0.6 is 22.9 Å². The highest BCUT2D eigenvalue weighted by molar-refractivity contribution is 7.13. The lowest BCUT2D eigenvalue weighted by Gasteiger charge is -2.38. The van der Waals surface area contributed by atoms with E-state index in [9.17, 15) is 9.59 Å². The van der Waals surface area contributed by atoms with Gasteiger partial charge in [-0.25, -0.2) is 9.78 Å². The summed E-state index contributed by atoms with van der Waals surface area (Å²) < 4.78 is 6.03. The normalized spacial score (nSPS) is 33.6. The standard InChI is InChI=1S/C22H22ClN3O4S/c1-20-11-29-22(9-13(20)7-8-21(20,22)2)19(28)30-26-16(17(24)27)18-25-15(10-31-18)12-3-5-14(23)6-4-12/h3-6,10,13H,7-9,11H2,1-2H3,(H2,24,27)/b26-16+. The van der Waals surface area contributed by atoms with E-state index >= 15 is 0 Å². The van der Waals surface area contributed by atoms with Crippen LogP contribution in [0.2, 0.25) is 5.02 Å². The summed E-state index contributed by atoms with van der Waals surface area (Å²) in [5, 5.41) is 6.52. The zero-order valence-electron chi connectivity index (χ0n) is 17.2. The molecule has 5 rings (SSSR count). The molecule has 4 bridgehead atoms. The molecular weight excluding hydrogens is 438 g/mol. The number of primary amides is 1. The van der Waals surface area contributed by atoms with Gasteiger partial charge in [0.05, 0.1) is 12.3 Å². The molecule has 162 valence electrons. The second-order valence-corrected chi connectivity index (χ2v) is 10.3. The minimum atomic E-state index is -1.02. The number of carbonyl (C=O) groups excluding carboxylic acids is 2. The molecule has 2 N–H and O–H groups in total.